The van der Waals surface area contributed by atoms with Crippen LogP contribution in [0.2, 0.25) is 0 Å². The summed E-state index contributed by atoms with van der Waals surface area (Å²) in [6.45, 7) is 10.3. The molecule has 0 radical (unpaired) electrons. The van der Waals surface area contributed by atoms with Crippen molar-refractivity contribution in [3.05, 3.63) is 0 Å². The summed E-state index contributed by atoms with van der Waals surface area (Å²) in [5.74, 6) is -13.7. The molecule has 0 unspecified atom stereocenters. The lowest BCUT2D eigenvalue weighted by atomic mass is 9.87. The second-order valence-electron chi connectivity index (χ2n) is 18.4. The second kappa shape index (κ2) is 32.7. The summed E-state index contributed by atoms with van der Waals surface area (Å²) in [7, 11) is 2.15. The number of ether oxygens (including phenoxy) is 15. The fraction of sp³-hybridized carbons (Fsp3) is 0.755. The number of carbonyl (C=O) groups is 12. The topological polar surface area (TPSA) is 388 Å². The standard InChI is InChI=1S/C49H72N2O28S2/c1-21(52)50-35-41(38(70-26(6)57)32(69-25(5)56)18-67-23(3)54)79-49(64,48(63)66-13)45(42(35)73-29(9)60)81-17-15-14-16-80-20-34-39(71-27(7)58)43(74-30(10)61)44(75-31(11)62)47(77-34)78-37-33(19-68-24(4)55)76-46(65-12)36(51-22(2)53)40(37)72-28(8)59/h32-47,64H,14-20H2,1-13H3,(H,50,52)(H,51,53)/t32-,33-,34-,35+,36-,37+,38-,39+,40-,41-,42-,43+,44-,45-,46-,47+,49+/m1/s1. The third kappa shape index (κ3) is 21.1. The highest BCUT2D eigenvalue weighted by Crippen LogP contribution is 2.42. The van der Waals surface area contributed by atoms with Crippen LogP contribution in [0.3, 0.4) is 0 Å². The van der Waals surface area contributed by atoms with Gasteiger partial charge in [-0.15, -0.1) is 11.8 Å². The molecule has 3 rings (SSSR count). The van der Waals surface area contributed by atoms with Crippen molar-refractivity contribution in [3.8, 4) is 0 Å². The molecule has 0 bridgehead atoms. The van der Waals surface area contributed by atoms with Crippen molar-refractivity contribution in [2.75, 3.05) is 44.7 Å². The molecular formula is C49H72N2O28S2. The number of amides is 2. The van der Waals surface area contributed by atoms with Crippen LogP contribution in [0.1, 0.15) is 89.0 Å². The number of hydrogen-bond acceptors (Lipinski definition) is 30. The summed E-state index contributed by atoms with van der Waals surface area (Å²) in [5, 5.41) is 15.8. The Morgan fingerprint density at radius 2 is 1.05 bits per heavy atom. The molecule has 81 heavy (non-hydrogen) atoms. The van der Waals surface area contributed by atoms with Gasteiger partial charge < -0.3 is 86.8 Å². The van der Waals surface area contributed by atoms with Crippen LogP contribution in [0.4, 0.5) is 0 Å². The molecule has 3 aliphatic rings. The molecule has 0 spiro atoms. The Labute approximate surface area is 474 Å². The average Bonchev–Trinajstić information content (AvgIpc) is 3.51. The highest BCUT2D eigenvalue weighted by Gasteiger charge is 2.64. The number of hydrogen-bond donors (Lipinski definition) is 3. The third-order valence-corrected chi connectivity index (χ3v) is 14.3. The smallest absolute Gasteiger partial charge is 0.367 e. The first kappa shape index (κ1) is 69.4. The van der Waals surface area contributed by atoms with E-state index >= 15 is 0 Å². The molecule has 3 N–H and O–H groups in total. The summed E-state index contributed by atoms with van der Waals surface area (Å²) in [5.41, 5.74) is 0. The van der Waals surface area contributed by atoms with E-state index in [0.29, 0.717) is 6.42 Å². The van der Waals surface area contributed by atoms with Crippen LogP contribution in [-0.2, 0) is 129 Å². The number of aliphatic hydroxyl groups is 1. The fourth-order valence-corrected chi connectivity index (χ4v) is 11.4. The van der Waals surface area contributed by atoms with Gasteiger partial charge in [0.05, 0.1) is 13.2 Å². The minimum absolute atomic E-state index is 0.0639. The van der Waals surface area contributed by atoms with E-state index in [-0.39, 0.29) is 23.7 Å². The van der Waals surface area contributed by atoms with Gasteiger partial charge in [0, 0.05) is 89.0 Å². The number of nitrogens with one attached hydrogen (secondary N) is 2. The van der Waals surface area contributed by atoms with E-state index in [0.717, 1.165) is 88.1 Å². The van der Waals surface area contributed by atoms with Crippen molar-refractivity contribution >= 4 is 95.0 Å². The molecule has 3 saturated heterocycles. The Morgan fingerprint density at radius 3 is 1.57 bits per heavy atom. The molecule has 2 amide bonds. The summed E-state index contributed by atoms with van der Waals surface area (Å²) in [4.78, 5) is 151. The summed E-state index contributed by atoms with van der Waals surface area (Å²) in [6.07, 6.45) is -20.0. The van der Waals surface area contributed by atoms with E-state index in [9.17, 15) is 62.6 Å². The molecule has 0 aliphatic carbocycles. The SMILES string of the molecule is COC(=O)[C@@]1(O)O[C@@H]([C@H](OC(C)=O)[C@@H](COC(C)=O)OC(C)=O)[C@H](NC(C)=O)[C@@H](OC(C)=O)[C@H]1SCCCCSC[C@H]1O[C@@H](O[C@@H]2[C@H](OC(C)=O)[C@@H](NC(C)=O)[C@H](OC)O[C@@H]2COC(C)=O)[C@H](OC(C)=O)[C@@H](OC(C)=O)[C@H]1OC(C)=O. The van der Waals surface area contributed by atoms with E-state index in [4.69, 9.17) is 71.1 Å². The Balaban J connectivity index is 2.01. The van der Waals surface area contributed by atoms with Gasteiger partial charge in [0.15, 0.2) is 49.2 Å². The molecule has 0 aromatic heterocycles. The quantitative estimate of drug-likeness (QED) is 0.0504. The molecular weight excluding hydrogens is 1130 g/mol. The van der Waals surface area contributed by atoms with Crippen LogP contribution >= 0.6 is 23.5 Å². The van der Waals surface area contributed by atoms with Gasteiger partial charge in [0.25, 0.3) is 5.79 Å². The normalized spacial score (nSPS) is 29.6. The number of thioether (sulfide) groups is 2. The zero-order valence-electron chi connectivity index (χ0n) is 47.0. The molecule has 3 aliphatic heterocycles. The molecule has 458 valence electrons. The van der Waals surface area contributed by atoms with Gasteiger partial charge in [0.1, 0.15) is 55.0 Å². The zero-order valence-corrected chi connectivity index (χ0v) is 48.6. The molecule has 0 aromatic carbocycles. The number of unbranched alkanes of at least 4 members (excludes halogenated alkanes) is 1. The number of methoxy groups -OCH3 is 2. The van der Waals surface area contributed by atoms with Gasteiger partial charge in [-0.2, -0.15) is 11.8 Å². The van der Waals surface area contributed by atoms with Crippen LogP contribution in [0.5, 0.6) is 0 Å². The first-order valence-corrected chi connectivity index (χ1v) is 27.3. The monoisotopic (exact) mass is 1200 g/mol. The molecule has 3 heterocycles. The number of esters is 10. The second-order valence-corrected chi connectivity index (χ2v) is 20.8. The lowest BCUT2D eigenvalue weighted by Crippen LogP contribution is -2.74. The van der Waals surface area contributed by atoms with Crippen molar-refractivity contribution in [3.63, 3.8) is 0 Å². The lowest BCUT2D eigenvalue weighted by molar-refractivity contribution is -0.344. The van der Waals surface area contributed by atoms with E-state index < -0.39 is 188 Å². The van der Waals surface area contributed by atoms with Gasteiger partial charge in [-0.25, -0.2) is 4.79 Å². The van der Waals surface area contributed by atoms with Gasteiger partial charge in [0.2, 0.25) is 11.8 Å². The maximum Gasteiger partial charge on any atom is 0.367 e. The van der Waals surface area contributed by atoms with Crippen LogP contribution in [0, 0.1) is 0 Å². The van der Waals surface area contributed by atoms with Gasteiger partial charge in [-0.3, -0.25) is 52.7 Å². The molecule has 3 fully saturated rings. The third-order valence-electron chi connectivity index (χ3n) is 11.7. The fourth-order valence-electron chi connectivity index (χ4n) is 8.91. The lowest BCUT2D eigenvalue weighted by Gasteiger charge is -2.50. The first-order chi connectivity index (χ1) is 37.9. The predicted octanol–water partition coefficient (Wildman–Crippen LogP) is -0.999. The highest BCUT2D eigenvalue weighted by molar-refractivity contribution is 8.00. The Morgan fingerprint density at radius 1 is 0.543 bits per heavy atom. The summed E-state index contributed by atoms with van der Waals surface area (Å²) in [6, 6.07) is -2.85. The van der Waals surface area contributed by atoms with Crippen LogP contribution in [-0.4, -0.2) is 224 Å². The molecule has 0 saturated carbocycles. The number of carbonyl (C=O) groups excluding carboxylic acids is 12. The van der Waals surface area contributed by atoms with E-state index in [1.54, 1.807) is 0 Å². The van der Waals surface area contributed by atoms with Crippen LogP contribution < -0.4 is 10.6 Å². The summed E-state index contributed by atoms with van der Waals surface area (Å²) < 4.78 is 85.0. The van der Waals surface area contributed by atoms with Crippen molar-refractivity contribution < 1.29 is 134 Å². The maximum atomic E-state index is 13.7. The summed E-state index contributed by atoms with van der Waals surface area (Å²) >= 11 is 2.08. The molecule has 0 aromatic rings. The Hall–Kier alpha value is -5.90. The van der Waals surface area contributed by atoms with Crippen molar-refractivity contribution in [2.24, 2.45) is 0 Å². The number of rotatable bonds is 27. The minimum atomic E-state index is -3.06. The highest BCUT2D eigenvalue weighted by atomic mass is 32.2. The van der Waals surface area contributed by atoms with E-state index in [1.807, 2.05) is 0 Å². The van der Waals surface area contributed by atoms with E-state index in [1.165, 1.54) is 25.8 Å². The van der Waals surface area contributed by atoms with Crippen LogP contribution in [0.25, 0.3) is 0 Å². The first-order valence-electron chi connectivity index (χ1n) is 25.1. The van der Waals surface area contributed by atoms with E-state index in [2.05, 4.69) is 10.6 Å². The van der Waals surface area contributed by atoms with Crippen molar-refractivity contribution in [2.45, 2.75) is 192 Å². The minimum Gasteiger partial charge on any atom is -0.465 e. The Bertz CT molecular complexity index is 2260. The van der Waals surface area contributed by atoms with Crippen LogP contribution in [0.15, 0.2) is 0 Å². The predicted molar refractivity (Wildman–Crippen MR) is 271 cm³/mol. The largest absolute Gasteiger partial charge is 0.465 e. The molecule has 17 atom stereocenters. The van der Waals surface area contributed by atoms with Crippen molar-refractivity contribution in [1.29, 1.82) is 0 Å². The Kier molecular flexibility index (Phi) is 28.0. The zero-order chi connectivity index (χ0) is 61.1. The molecule has 30 nitrogen and oxygen atoms in total. The van der Waals surface area contributed by atoms with Gasteiger partial charge in [-0.1, -0.05) is 0 Å². The average molecular weight is 1200 g/mol. The van der Waals surface area contributed by atoms with Gasteiger partial charge in [-0.05, 0) is 24.3 Å². The maximum absolute atomic E-state index is 13.7. The van der Waals surface area contributed by atoms with Crippen molar-refractivity contribution in [1.82, 2.24) is 10.6 Å². The molecule has 32 heteroatoms. The van der Waals surface area contributed by atoms with Gasteiger partial charge >= 0.3 is 59.7 Å².